The first-order chi connectivity index (χ1) is 14.9. The lowest BCUT2D eigenvalue weighted by Crippen LogP contribution is -2.40. The first-order valence-electron chi connectivity index (χ1n) is 8.88. The van der Waals surface area contributed by atoms with Crippen LogP contribution in [0.4, 0.5) is 11.4 Å². The normalized spacial score (nSPS) is 16.4. The minimum Gasteiger partial charge on any atom is -0.497 e. The highest BCUT2D eigenvalue weighted by Gasteiger charge is 2.22. The lowest BCUT2D eigenvalue weighted by molar-refractivity contribution is 0.415. The lowest BCUT2D eigenvalue weighted by atomic mass is 10.2. The van der Waals surface area contributed by atoms with Crippen LogP contribution in [0.25, 0.3) is 0 Å². The van der Waals surface area contributed by atoms with Gasteiger partial charge in [-0.1, -0.05) is 30.3 Å². The molecule has 0 aliphatic carbocycles. The largest absolute Gasteiger partial charge is 0.497 e. The summed E-state index contributed by atoms with van der Waals surface area (Å²) in [6, 6.07) is 10.2. The quantitative estimate of drug-likeness (QED) is 0.629. The molecule has 1 aliphatic rings. The standard InChI is InChI=1S/C20H18ClN5O4S/c1-3-5-14-12-22-19(24-18-11-15(30-2)8-9-17(18)21)20(23-14)26-31(28,29)16-7-4-6-13(10-16)25-27/h3-11H,1,12H2,2H3,(H,22,24)(H,23,26)/b14-5+. The topological polar surface area (TPSA) is 122 Å². The van der Waals surface area contributed by atoms with Crippen LogP contribution in [0.3, 0.4) is 0 Å². The summed E-state index contributed by atoms with van der Waals surface area (Å²) in [5.41, 5.74) is 1.02. The second kappa shape index (κ2) is 9.54. The molecule has 0 fully saturated rings. The third-order valence-corrected chi connectivity index (χ3v) is 5.69. The SMILES string of the molecule is C=C/C=C1\CN=C(Nc2cc(OC)ccc2Cl)/C(=N\S(=O)(=O)c2cccc(N=O)c2)N1. The molecule has 2 aromatic rings. The summed E-state index contributed by atoms with van der Waals surface area (Å²) in [5, 5.41) is 9.07. The molecule has 2 N–H and O–H groups in total. The van der Waals surface area contributed by atoms with Gasteiger partial charge in [-0.25, -0.2) is 0 Å². The number of nitrogens with zero attached hydrogens (tertiary/aromatic N) is 3. The summed E-state index contributed by atoms with van der Waals surface area (Å²) in [4.78, 5) is 15.0. The molecule has 0 atom stereocenters. The van der Waals surface area contributed by atoms with Gasteiger partial charge in [0.25, 0.3) is 10.0 Å². The van der Waals surface area contributed by atoms with Gasteiger partial charge in [0.05, 0.1) is 29.3 Å². The number of ether oxygens (including phenoxy) is 1. The molecule has 0 spiro atoms. The van der Waals surface area contributed by atoms with E-state index in [1.165, 1.54) is 25.3 Å². The van der Waals surface area contributed by atoms with Crippen LogP contribution in [0.2, 0.25) is 5.02 Å². The first-order valence-corrected chi connectivity index (χ1v) is 10.7. The number of hydrogen-bond acceptors (Lipinski definition) is 7. The van der Waals surface area contributed by atoms with E-state index in [4.69, 9.17) is 16.3 Å². The third kappa shape index (κ3) is 5.36. The monoisotopic (exact) mass is 459 g/mol. The van der Waals surface area contributed by atoms with Crippen molar-refractivity contribution in [1.29, 1.82) is 0 Å². The number of methoxy groups -OCH3 is 1. The van der Waals surface area contributed by atoms with E-state index in [2.05, 4.69) is 31.8 Å². The molecular weight excluding hydrogens is 442 g/mol. The number of sulfonamides is 1. The number of aliphatic imine (C=N–C) groups is 1. The van der Waals surface area contributed by atoms with E-state index in [1.54, 1.807) is 30.4 Å². The average molecular weight is 460 g/mol. The van der Waals surface area contributed by atoms with Crippen LogP contribution >= 0.6 is 11.6 Å². The van der Waals surface area contributed by atoms with Crippen LogP contribution < -0.4 is 15.4 Å². The molecule has 0 bridgehead atoms. The van der Waals surface area contributed by atoms with E-state index in [1.807, 2.05) is 0 Å². The number of nitrogens with one attached hydrogen (secondary N) is 2. The molecule has 9 nitrogen and oxygen atoms in total. The zero-order valence-corrected chi connectivity index (χ0v) is 17.9. The van der Waals surface area contributed by atoms with Gasteiger partial charge >= 0.3 is 0 Å². The Labute approximate surface area is 184 Å². The van der Waals surface area contributed by atoms with E-state index in [9.17, 15) is 13.3 Å². The summed E-state index contributed by atoms with van der Waals surface area (Å²) in [5.74, 6) is 0.653. The number of amidine groups is 2. The van der Waals surface area contributed by atoms with Gasteiger partial charge in [0.15, 0.2) is 11.7 Å². The Morgan fingerprint density at radius 2 is 2.10 bits per heavy atom. The molecule has 1 heterocycles. The van der Waals surface area contributed by atoms with Crippen LogP contribution in [-0.2, 0) is 10.0 Å². The fourth-order valence-corrected chi connectivity index (χ4v) is 3.78. The van der Waals surface area contributed by atoms with Crippen molar-refractivity contribution in [3.05, 3.63) is 76.8 Å². The Morgan fingerprint density at radius 3 is 2.81 bits per heavy atom. The van der Waals surface area contributed by atoms with Gasteiger partial charge in [0.2, 0.25) is 0 Å². The van der Waals surface area contributed by atoms with Crippen molar-refractivity contribution in [3.63, 3.8) is 0 Å². The van der Waals surface area contributed by atoms with Crippen molar-refractivity contribution in [2.75, 3.05) is 19.0 Å². The molecule has 0 aromatic heterocycles. The number of rotatable bonds is 6. The Kier molecular flexibility index (Phi) is 6.83. The molecule has 0 unspecified atom stereocenters. The molecule has 0 saturated carbocycles. The molecule has 2 aromatic carbocycles. The third-order valence-electron chi connectivity index (χ3n) is 4.09. The maximum absolute atomic E-state index is 12.9. The van der Waals surface area contributed by atoms with Gasteiger partial charge in [0.1, 0.15) is 11.4 Å². The second-order valence-corrected chi connectivity index (χ2v) is 8.20. The van der Waals surface area contributed by atoms with E-state index in [0.29, 0.717) is 22.2 Å². The van der Waals surface area contributed by atoms with Gasteiger partial charge in [-0.3, -0.25) is 4.99 Å². The van der Waals surface area contributed by atoms with Crippen LogP contribution in [0.5, 0.6) is 5.75 Å². The number of halogens is 1. The molecule has 3 rings (SSSR count). The highest BCUT2D eigenvalue weighted by atomic mass is 35.5. The highest BCUT2D eigenvalue weighted by molar-refractivity contribution is 7.90. The lowest BCUT2D eigenvalue weighted by Gasteiger charge is -2.21. The van der Waals surface area contributed by atoms with E-state index < -0.39 is 10.0 Å². The average Bonchev–Trinajstić information content (AvgIpc) is 2.77. The van der Waals surface area contributed by atoms with Crippen molar-refractivity contribution in [2.45, 2.75) is 4.90 Å². The molecular formula is C20H18ClN5O4S. The molecule has 1 aliphatic heterocycles. The molecule has 11 heteroatoms. The number of anilines is 1. The zero-order chi connectivity index (χ0) is 22.4. The van der Waals surface area contributed by atoms with Gasteiger partial charge in [-0.15, -0.1) is 9.30 Å². The van der Waals surface area contributed by atoms with E-state index in [0.717, 1.165) is 6.07 Å². The fraction of sp³-hybridized carbons (Fsp3) is 0.100. The molecule has 160 valence electrons. The summed E-state index contributed by atoms with van der Waals surface area (Å²) in [6.45, 7) is 3.86. The van der Waals surface area contributed by atoms with Crippen molar-refractivity contribution in [2.24, 2.45) is 14.6 Å². The summed E-state index contributed by atoms with van der Waals surface area (Å²) in [6.07, 6.45) is 3.19. The Balaban J connectivity index is 2.04. The summed E-state index contributed by atoms with van der Waals surface area (Å²) < 4.78 is 34.8. The highest BCUT2D eigenvalue weighted by Crippen LogP contribution is 2.27. The summed E-state index contributed by atoms with van der Waals surface area (Å²) >= 11 is 6.24. The molecule has 0 radical (unpaired) electrons. The van der Waals surface area contributed by atoms with Crippen LogP contribution in [0.1, 0.15) is 0 Å². The molecule has 0 amide bonds. The van der Waals surface area contributed by atoms with Gasteiger partial charge < -0.3 is 15.4 Å². The first kappa shape index (κ1) is 22.2. The van der Waals surface area contributed by atoms with Crippen molar-refractivity contribution >= 4 is 44.7 Å². The Bertz CT molecular complexity index is 1220. The van der Waals surface area contributed by atoms with Crippen LogP contribution in [0.15, 0.2) is 86.4 Å². The Morgan fingerprint density at radius 1 is 1.29 bits per heavy atom. The van der Waals surface area contributed by atoms with Crippen molar-refractivity contribution < 1.29 is 13.2 Å². The smallest absolute Gasteiger partial charge is 0.284 e. The van der Waals surface area contributed by atoms with Gasteiger partial charge in [-0.2, -0.15) is 8.42 Å². The number of hydrogen-bond donors (Lipinski definition) is 2. The maximum Gasteiger partial charge on any atom is 0.284 e. The number of nitroso groups, excluding NO2 is 1. The minimum absolute atomic E-state index is 0.0275. The van der Waals surface area contributed by atoms with E-state index in [-0.39, 0.29) is 28.8 Å². The second-order valence-electron chi connectivity index (χ2n) is 6.19. The predicted octanol–water partition coefficient (Wildman–Crippen LogP) is 4.02. The van der Waals surface area contributed by atoms with Gasteiger partial charge in [0, 0.05) is 11.8 Å². The molecule has 31 heavy (non-hydrogen) atoms. The van der Waals surface area contributed by atoms with E-state index >= 15 is 0 Å². The van der Waals surface area contributed by atoms with Gasteiger partial charge in [-0.05, 0) is 41.6 Å². The van der Waals surface area contributed by atoms with Crippen LogP contribution in [0, 0.1) is 4.91 Å². The Hall–Kier alpha value is -3.50. The number of allylic oxidation sites excluding steroid dienone is 2. The number of benzene rings is 2. The van der Waals surface area contributed by atoms with Crippen molar-refractivity contribution in [1.82, 2.24) is 5.32 Å². The predicted molar refractivity (Wildman–Crippen MR) is 122 cm³/mol. The minimum atomic E-state index is -4.18. The maximum atomic E-state index is 12.9. The summed E-state index contributed by atoms with van der Waals surface area (Å²) in [7, 11) is -2.67. The van der Waals surface area contributed by atoms with Crippen LogP contribution in [-0.4, -0.2) is 33.7 Å². The van der Waals surface area contributed by atoms with Crippen molar-refractivity contribution in [3.8, 4) is 5.75 Å². The zero-order valence-electron chi connectivity index (χ0n) is 16.4. The molecule has 0 saturated heterocycles. The fourth-order valence-electron chi connectivity index (χ4n) is 2.62.